The lowest BCUT2D eigenvalue weighted by atomic mass is 9.78. The monoisotopic (exact) mass is 212 g/mol. The highest BCUT2D eigenvalue weighted by atomic mass is 14.3. The van der Waals surface area contributed by atoms with E-state index in [0.29, 0.717) is 5.41 Å². The van der Waals surface area contributed by atoms with E-state index < -0.39 is 0 Å². The molecule has 0 bridgehead atoms. The van der Waals surface area contributed by atoms with Crippen molar-refractivity contribution in [2.75, 3.05) is 0 Å². The molecule has 2 aliphatic rings. The molecule has 0 amide bonds. The standard InChI is InChI=1S/C16H20/c1-16(2,3)15-13-8-4-6-11(13)10-12-7-5-9-14(12)15/h4,6,10H,5,7-9H2,1-3H3. The molecule has 0 saturated heterocycles. The van der Waals surface area contributed by atoms with Gasteiger partial charge in [-0.05, 0) is 58.9 Å². The summed E-state index contributed by atoms with van der Waals surface area (Å²) in [6.45, 7) is 7.08. The van der Waals surface area contributed by atoms with Crippen LogP contribution in [0.4, 0.5) is 0 Å². The van der Waals surface area contributed by atoms with E-state index in [9.17, 15) is 0 Å². The van der Waals surface area contributed by atoms with E-state index in [1.807, 2.05) is 0 Å². The molecule has 0 fully saturated rings. The molecular weight excluding hydrogens is 192 g/mol. The predicted molar refractivity (Wildman–Crippen MR) is 69.9 cm³/mol. The minimum absolute atomic E-state index is 0.297. The normalized spacial score (nSPS) is 17.7. The Kier molecular flexibility index (Phi) is 2.04. The Hall–Kier alpha value is -1.04. The summed E-state index contributed by atoms with van der Waals surface area (Å²) in [5.74, 6) is 0. The first-order valence-corrected chi connectivity index (χ1v) is 6.42. The molecule has 0 aliphatic heterocycles. The first-order chi connectivity index (χ1) is 7.57. The van der Waals surface area contributed by atoms with Gasteiger partial charge in [-0.2, -0.15) is 0 Å². The summed E-state index contributed by atoms with van der Waals surface area (Å²) in [6, 6.07) is 2.44. The van der Waals surface area contributed by atoms with Crippen molar-refractivity contribution in [3.63, 3.8) is 0 Å². The fraction of sp³-hybridized carbons (Fsp3) is 0.500. The molecule has 3 rings (SSSR count). The SMILES string of the molecule is CC(C)(C)c1c2c(cc3c1CCC3)C=CC2. The lowest BCUT2D eigenvalue weighted by Crippen LogP contribution is -2.17. The van der Waals surface area contributed by atoms with Gasteiger partial charge in [0, 0.05) is 0 Å². The molecule has 0 N–H and O–H groups in total. The number of rotatable bonds is 0. The Morgan fingerprint density at radius 2 is 1.88 bits per heavy atom. The van der Waals surface area contributed by atoms with E-state index in [4.69, 9.17) is 0 Å². The number of benzene rings is 1. The highest BCUT2D eigenvalue weighted by Gasteiger charge is 2.28. The smallest absolute Gasteiger partial charge is 0.00851 e. The molecule has 1 aromatic carbocycles. The van der Waals surface area contributed by atoms with Gasteiger partial charge in [-0.15, -0.1) is 0 Å². The van der Waals surface area contributed by atoms with Crippen LogP contribution in [0.25, 0.3) is 6.08 Å². The first-order valence-electron chi connectivity index (χ1n) is 6.42. The molecule has 1 aromatic rings. The molecular formula is C16H20. The highest BCUT2D eigenvalue weighted by molar-refractivity contribution is 5.66. The van der Waals surface area contributed by atoms with Crippen molar-refractivity contribution in [2.45, 2.75) is 51.9 Å². The Morgan fingerprint density at radius 1 is 1.06 bits per heavy atom. The van der Waals surface area contributed by atoms with Gasteiger partial charge in [-0.3, -0.25) is 0 Å². The van der Waals surface area contributed by atoms with E-state index in [1.165, 1.54) is 24.8 Å². The van der Waals surface area contributed by atoms with Crippen molar-refractivity contribution >= 4 is 6.08 Å². The van der Waals surface area contributed by atoms with Gasteiger partial charge < -0.3 is 0 Å². The van der Waals surface area contributed by atoms with Gasteiger partial charge in [0.1, 0.15) is 0 Å². The maximum absolute atomic E-state index is 2.44. The average Bonchev–Trinajstić information content (AvgIpc) is 2.77. The number of hydrogen-bond donors (Lipinski definition) is 0. The van der Waals surface area contributed by atoms with Crippen LogP contribution >= 0.6 is 0 Å². The molecule has 0 saturated carbocycles. The van der Waals surface area contributed by atoms with Crippen molar-refractivity contribution in [2.24, 2.45) is 0 Å². The van der Waals surface area contributed by atoms with E-state index in [-0.39, 0.29) is 0 Å². The van der Waals surface area contributed by atoms with Crippen LogP contribution < -0.4 is 0 Å². The maximum atomic E-state index is 2.44. The first kappa shape index (κ1) is 10.1. The van der Waals surface area contributed by atoms with Gasteiger partial charge in [0.25, 0.3) is 0 Å². The van der Waals surface area contributed by atoms with Crippen LogP contribution in [0, 0.1) is 0 Å². The summed E-state index contributed by atoms with van der Waals surface area (Å²) in [6.07, 6.45) is 9.72. The fourth-order valence-corrected chi connectivity index (χ4v) is 3.39. The van der Waals surface area contributed by atoms with Crippen molar-refractivity contribution in [3.05, 3.63) is 40.0 Å². The average molecular weight is 212 g/mol. The quantitative estimate of drug-likeness (QED) is 0.609. The second-order valence-electron chi connectivity index (χ2n) is 6.17. The second-order valence-corrected chi connectivity index (χ2v) is 6.17. The second kappa shape index (κ2) is 3.23. The van der Waals surface area contributed by atoms with Crippen molar-refractivity contribution in [1.82, 2.24) is 0 Å². The van der Waals surface area contributed by atoms with E-state index >= 15 is 0 Å². The number of allylic oxidation sites excluding steroid dienone is 1. The van der Waals surface area contributed by atoms with Gasteiger partial charge in [-0.1, -0.05) is 39.0 Å². The molecule has 0 aromatic heterocycles. The molecule has 0 radical (unpaired) electrons. The summed E-state index contributed by atoms with van der Waals surface area (Å²) in [7, 11) is 0. The predicted octanol–water partition coefficient (Wildman–Crippen LogP) is 4.04. The molecule has 0 spiro atoms. The van der Waals surface area contributed by atoms with Crippen LogP contribution in [0.2, 0.25) is 0 Å². The molecule has 0 unspecified atom stereocenters. The van der Waals surface area contributed by atoms with Crippen LogP contribution in [-0.2, 0) is 24.7 Å². The summed E-state index contributed by atoms with van der Waals surface area (Å²) < 4.78 is 0. The third-order valence-electron chi connectivity index (χ3n) is 3.91. The summed E-state index contributed by atoms with van der Waals surface area (Å²) in [5, 5.41) is 0. The molecule has 0 heterocycles. The molecule has 0 atom stereocenters. The summed E-state index contributed by atoms with van der Waals surface area (Å²) in [5.41, 5.74) is 8.35. The molecule has 16 heavy (non-hydrogen) atoms. The molecule has 0 nitrogen and oxygen atoms in total. The Balaban J connectivity index is 2.30. The zero-order valence-electron chi connectivity index (χ0n) is 10.6. The Labute approximate surface area is 98.4 Å². The number of fused-ring (bicyclic) bond motifs is 2. The van der Waals surface area contributed by atoms with Gasteiger partial charge in [-0.25, -0.2) is 0 Å². The Morgan fingerprint density at radius 3 is 2.62 bits per heavy atom. The van der Waals surface area contributed by atoms with Crippen LogP contribution in [-0.4, -0.2) is 0 Å². The van der Waals surface area contributed by atoms with E-state index in [1.54, 1.807) is 22.3 Å². The number of hydrogen-bond acceptors (Lipinski definition) is 0. The topological polar surface area (TPSA) is 0 Å². The maximum Gasteiger partial charge on any atom is -0.00851 e. The van der Waals surface area contributed by atoms with Gasteiger partial charge in [0.05, 0.1) is 0 Å². The Bertz CT molecular complexity index is 466. The van der Waals surface area contributed by atoms with Crippen LogP contribution in [0.1, 0.15) is 55.0 Å². The third-order valence-corrected chi connectivity index (χ3v) is 3.91. The lowest BCUT2D eigenvalue weighted by Gasteiger charge is -2.26. The highest BCUT2D eigenvalue weighted by Crippen LogP contribution is 2.40. The van der Waals surface area contributed by atoms with E-state index in [2.05, 4.69) is 39.0 Å². The zero-order valence-corrected chi connectivity index (χ0v) is 10.6. The summed E-state index contributed by atoms with van der Waals surface area (Å²) >= 11 is 0. The molecule has 2 aliphatic carbocycles. The third kappa shape index (κ3) is 1.36. The zero-order chi connectivity index (χ0) is 11.3. The van der Waals surface area contributed by atoms with Crippen molar-refractivity contribution in [3.8, 4) is 0 Å². The van der Waals surface area contributed by atoms with Crippen LogP contribution in [0.5, 0.6) is 0 Å². The van der Waals surface area contributed by atoms with Gasteiger partial charge in [0.2, 0.25) is 0 Å². The molecule has 0 heteroatoms. The minimum Gasteiger partial charge on any atom is -0.0795 e. The minimum atomic E-state index is 0.297. The van der Waals surface area contributed by atoms with Crippen molar-refractivity contribution in [1.29, 1.82) is 0 Å². The van der Waals surface area contributed by atoms with E-state index in [0.717, 1.165) is 6.42 Å². The molecule has 84 valence electrons. The summed E-state index contributed by atoms with van der Waals surface area (Å²) in [4.78, 5) is 0. The van der Waals surface area contributed by atoms with Gasteiger partial charge >= 0.3 is 0 Å². The van der Waals surface area contributed by atoms with Crippen LogP contribution in [0.15, 0.2) is 12.1 Å². The van der Waals surface area contributed by atoms with Crippen LogP contribution in [0.3, 0.4) is 0 Å². The van der Waals surface area contributed by atoms with Crippen molar-refractivity contribution < 1.29 is 0 Å². The lowest BCUT2D eigenvalue weighted by molar-refractivity contribution is 0.578. The fourth-order valence-electron chi connectivity index (χ4n) is 3.39. The van der Waals surface area contributed by atoms with Gasteiger partial charge in [0.15, 0.2) is 0 Å². The number of aryl methyl sites for hydroxylation is 1. The largest absolute Gasteiger partial charge is 0.0795 e.